The number of carbonyl (C=O) groups excluding carboxylic acids is 2. The van der Waals surface area contributed by atoms with E-state index in [0.29, 0.717) is 13.0 Å². The Kier molecular flexibility index (Phi) is 4.78. The van der Waals surface area contributed by atoms with E-state index in [0.717, 1.165) is 0 Å². The molecule has 1 heterocycles. The van der Waals surface area contributed by atoms with Gasteiger partial charge in [0.1, 0.15) is 12.1 Å². The van der Waals surface area contributed by atoms with Gasteiger partial charge < -0.3 is 15.3 Å². The normalized spacial score (nSPS) is 28.1. The van der Waals surface area contributed by atoms with Gasteiger partial charge in [-0.2, -0.15) is 0 Å². The van der Waals surface area contributed by atoms with Gasteiger partial charge in [0.15, 0.2) is 0 Å². The molecule has 1 rings (SSSR count). The molecule has 2 amide bonds. The summed E-state index contributed by atoms with van der Waals surface area (Å²) in [5.41, 5.74) is -0.476. The summed E-state index contributed by atoms with van der Waals surface area (Å²) in [5.74, 6) is -1.30. The van der Waals surface area contributed by atoms with Crippen LogP contribution in [0.1, 0.15) is 34.6 Å². The summed E-state index contributed by atoms with van der Waals surface area (Å²) in [4.78, 5) is 36.2. The van der Waals surface area contributed by atoms with Crippen LogP contribution in [-0.2, 0) is 14.4 Å². The van der Waals surface area contributed by atoms with Crippen LogP contribution < -0.4 is 5.32 Å². The summed E-state index contributed by atoms with van der Waals surface area (Å²) < 4.78 is 0. The lowest BCUT2D eigenvalue weighted by molar-refractivity contribution is -0.151. The molecule has 6 heteroatoms. The van der Waals surface area contributed by atoms with Gasteiger partial charge >= 0.3 is 5.97 Å². The van der Waals surface area contributed by atoms with E-state index in [4.69, 9.17) is 0 Å². The second-order valence-electron chi connectivity index (χ2n) is 6.69. The highest BCUT2D eigenvalue weighted by Crippen LogP contribution is 2.32. The minimum absolute atomic E-state index is 0.103. The molecule has 0 radical (unpaired) electrons. The molecule has 0 spiro atoms. The Hall–Kier alpha value is -1.59. The molecule has 0 aromatic rings. The van der Waals surface area contributed by atoms with Gasteiger partial charge in [0.25, 0.3) is 0 Å². The Morgan fingerprint density at radius 2 is 1.90 bits per heavy atom. The zero-order valence-electron chi connectivity index (χ0n) is 12.7. The van der Waals surface area contributed by atoms with Gasteiger partial charge in [0.05, 0.1) is 0 Å². The Labute approximate surface area is 119 Å². The van der Waals surface area contributed by atoms with Crippen LogP contribution in [0.25, 0.3) is 0 Å². The van der Waals surface area contributed by atoms with Gasteiger partial charge in [0, 0.05) is 6.54 Å². The summed E-state index contributed by atoms with van der Waals surface area (Å²) in [7, 11) is 0. The van der Waals surface area contributed by atoms with Crippen molar-refractivity contribution in [2.24, 2.45) is 17.3 Å². The number of hydrogen-bond donors (Lipinski definition) is 2. The minimum Gasteiger partial charge on any atom is -0.480 e. The number of rotatable bonds is 4. The Balaban J connectivity index is 3.04. The number of nitrogens with zero attached hydrogens (tertiary/aromatic N) is 1. The van der Waals surface area contributed by atoms with E-state index in [2.05, 4.69) is 5.32 Å². The number of likely N-dealkylation sites (tertiary alicyclic amines) is 1. The van der Waals surface area contributed by atoms with Gasteiger partial charge in [-0.25, -0.2) is 4.79 Å². The maximum Gasteiger partial charge on any atom is 0.326 e. The Morgan fingerprint density at radius 1 is 1.35 bits per heavy atom. The molecule has 6 nitrogen and oxygen atoms in total. The summed E-state index contributed by atoms with van der Waals surface area (Å²) in [6.07, 6.45) is 0.493. The number of aliphatic carboxylic acids is 1. The van der Waals surface area contributed by atoms with E-state index in [1.54, 1.807) is 0 Å². The molecule has 0 saturated carbocycles. The zero-order chi connectivity index (χ0) is 15.7. The monoisotopic (exact) mass is 284 g/mol. The highest BCUT2D eigenvalue weighted by Gasteiger charge is 2.47. The molecular weight excluding hydrogens is 260 g/mol. The van der Waals surface area contributed by atoms with Crippen LogP contribution >= 0.6 is 0 Å². The highest BCUT2D eigenvalue weighted by atomic mass is 16.4. The van der Waals surface area contributed by atoms with Crippen molar-refractivity contribution in [1.29, 1.82) is 0 Å². The highest BCUT2D eigenvalue weighted by molar-refractivity contribution is 5.89. The number of carbonyl (C=O) groups is 3. The third-order valence-electron chi connectivity index (χ3n) is 4.10. The first-order valence-electron chi connectivity index (χ1n) is 6.84. The predicted octanol–water partition coefficient (Wildman–Crippen LogP) is 0.715. The van der Waals surface area contributed by atoms with E-state index in [9.17, 15) is 19.5 Å². The molecule has 4 atom stereocenters. The van der Waals surface area contributed by atoms with Crippen LogP contribution in [0.2, 0.25) is 0 Å². The number of carboxylic acid groups (broad SMARTS) is 1. The average Bonchev–Trinajstić information content (AvgIpc) is 2.60. The molecule has 2 N–H and O–H groups in total. The first-order valence-corrected chi connectivity index (χ1v) is 6.84. The maximum atomic E-state index is 12.6. The average molecular weight is 284 g/mol. The van der Waals surface area contributed by atoms with E-state index in [1.165, 1.54) is 4.90 Å². The van der Waals surface area contributed by atoms with Crippen molar-refractivity contribution in [3.8, 4) is 0 Å². The minimum atomic E-state index is -0.992. The fraction of sp³-hybridized carbons (Fsp3) is 0.786. The Bertz CT molecular complexity index is 402. The lowest BCUT2D eigenvalue weighted by Gasteiger charge is -2.34. The van der Waals surface area contributed by atoms with E-state index < -0.39 is 23.5 Å². The molecular formula is C14H24N2O4. The lowest BCUT2D eigenvalue weighted by Crippen LogP contribution is -2.55. The summed E-state index contributed by atoms with van der Waals surface area (Å²) in [6.45, 7) is 9.70. The summed E-state index contributed by atoms with van der Waals surface area (Å²) in [5, 5.41) is 11.9. The van der Waals surface area contributed by atoms with Crippen molar-refractivity contribution in [3.05, 3.63) is 0 Å². The molecule has 1 saturated heterocycles. The fourth-order valence-electron chi connectivity index (χ4n) is 2.70. The smallest absolute Gasteiger partial charge is 0.326 e. The predicted molar refractivity (Wildman–Crippen MR) is 73.9 cm³/mol. The third-order valence-corrected chi connectivity index (χ3v) is 4.10. The molecule has 114 valence electrons. The van der Waals surface area contributed by atoms with Crippen LogP contribution in [0.5, 0.6) is 0 Å². The Morgan fingerprint density at radius 3 is 2.30 bits per heavy atom. The fourth-order valence-corrected chi connectivity index (χ4v) is 2.70. The van der Waals surface area contributed by atoms with Crippen molar-refractivity contribution >= 4 is 18.3 Å². The van der Waals surface area contributed by atoms with Crippen molar-refractivity contribution in [2.75, 3.05) is 6.54 Å². The van der Waals surface area contributed by atoms with Crippen LogP contribution in [0, 0.1) is 17.3 Å². The van der Waals surface area contributed by atoms with Gasteiger partial charge in [0.2, 0.25) is 12.3 Å². The van der Waals surface area contributed by atoms with Gasteiger partial charge in [-0.05, 0) is 17.3 Å². The largest absolute Gasteiger partial charge is 0.480 e. The van der Waals surface area contributed by atoms with Crippen LogP contribution in [-0.4, -0.2) is 46.9 Å². The second-order valence-corrected chi connectivity index (χ2v) is 6.69. The number of nitrogens with one attached hydrogen (secondary N) is 1. The van der Waals surface area contributed by atoms with Gasteiger partial charge in [-0.15, -0.1) is 0 Å². The third kappa shape index (κ3) is 3.11. The SMILES string of the molecule is C[C@@H]1[C@@H](C(=O)O)N(C(=O)[C@@H](NC=O)C(C)(C)C)C[C@@H]1C. The van der Waals surface area contributed by atoms with Crippen LogP contribution in [0.4, 0.5) is 0 Å². The first-order chi connectivity index (χ1) is 9.11. The standard InChI is InChI=1S/C14H24N2O4/c1-8-6-16(10(9(8)2)13(19)20)12(18)11(15-7-17)14(3,4)5/h7-11H,6H2,1-5H3,(H,15,17)(H,19,20)/t8-,9-,10-,11+/m0/s1. The topological polar surface area (TPSA) is 86.7 Å². The molecule has 1 aliphatic rings. The molecule has 0 bridgehead atoms. The molecule has 0 aromatic carbocycles. The van der Waals surface area contributed by atoms with Crippen molar-refractivity contribution in [2.45, 2.75) is 46.7 Å². The molecule has 1 aliphatic heterocycles. The zero-order valence-corrected chi connectivity index (χ0v) is 12.7. The van der Waals surface area contributed by atoms with Crippen molar-refractivity contribution < 1.29 is 19.5 Å². The molecule has 0 unspecified atom stereocenters. The van der Waals surface area contributed by atoms with Gasteiger partial charge in [-0.3, -0.25) is 9.59 Å². The van der Waals surface area contributed by atoms with E-state index in [-0.39, 0.29) is 17.7 Å². The van der Waals surface area contributed by atoms with Crippen molar-refractivity contribution in [3.63, 3.8) is 0 Å². The van der Waals surface area contributed by atoms with E-state index in [1.807, 2.05) is 34.6 Å². The molecule has 0 aliphatic carbocycles. The molecule has 0 aromatic heterocycles. The quantitative estimate of drug-likeness (QED) is 0.745. The van der Waals surface area contributed by atoms with Crippen molar-refractivity contribution in [1.82, 2.24) is 10.2 Å². The molecule has 20 heavy (non-hydrogen) atoms. The summed E-state index contributed by atoms with van der Waals surface area (Å²) in [6, 6.07) is -1.55. The number of amides is 2. The number of carboxylic acids is 1. The molecule has 1 fully saturated rings. The van der Waals surface area contributed by atoms with Crippen LogP contribution in [0.3, 0.4) is 0 Å². The lowest BCUT2D eigenvalue weighted by atomic mass is 9.85. The van der Waals surface area contributed by atoms with E-state index >= 15 is 0 Å². The van der Waals surface area contributed by atoms with Crippen LogP contribution in [0.15, 0.2) is 0 Å². The maximum absolute atomic E-state index is 12.6. The van der Waals surface area contributed by atoms with Gasteiger partial charge in [-0.1, -0.05) is 34.6 Å². The first kappa shape index (κ1) is 16.5. The summed E-state index contributed by atoms with van der Waals surface area (Å²) >= 11 is 0. The number of hydrogen-bond acceptors (Lipinski definition) is 3. The second kappa shape index (κ2) is 5.81.